The summed E-state index contributed by atoms with van der Waals surface area (Å²) < 4.78 is 11.1. The second-order valence-corrected chi connectivity index (χ2v) is 17.0. The highest BCUT2D eigenvalue weighted by Crippen LogP contribution is 2.23. The minimum absolute atomic E-state index is 0.265. The van der Waals surface area contributed by atoms with Gasteiger partial charge >= 0.3 is 0 Å². The van der Waals surface area contributed by atoms with E-state index in [-0.39, 0.29) is 6.42 Å². The van der Waals surface area contributed by atoms with E-state index in [4.69, 9.17) is 9.47 Å². The quantitative estimate of drug-likeness (QED) is 0.0306. The van der Waals surface area contributed by atoms with Crippen LogP contribution in [0.1, 0.15) is 201 Å². The van der Waals surface area contributed by atoms with Crippen molar-refractivity contribution in [3.05, 3.63) is 0 Å². The topological polar surface area (TPSA) is 189 Å². The Morgan fingerprint density at radius 3 is 1.45 bits per heavy atom. The van der Waals surface area contributed by atoms with Crippen molar-refractivity contribution in [1.29, 1.82) is 0 Å². The zero-order chi connectivity index (χ0) is 40.7. The molecule has 0 radical (unpaired) electrons. The average Bonchev–Trinajstić information content (AvgIpc) is 3.17. The maximum Gasteiger partial charge on any atom is 0.249 e. The Morgan fingerprint density at radius 2 is 1.02 bits per heavy atom. The molecule has 0 aromatic rings. The lowest BCUT2D eigenvalue weighted by Crippen LogP contribution is -2.60. The number of amides is 1. The molecule has 11 nitrogen and oxygen atoms in total. The molecule has 0 aliphatic carbocycles. The first-order chi connectivity index (χ1) is 26.5. The number of hydrogen-bond acceptors (Lipinski definition) is 10. The molecule has 0 aromatic heterocycles. The number of unbranched alkanes of at least 4 members (excludes halogenated alkanes) is 23. The molecule has 1 heterocycles. The van der Waals surface area contributed by atoms with E-state index in [1.165, 1.54) is 116 Å². The van der Waals surface area contributed by atoms with Gasteiger partial charge in [-0.15, -0.1) is 0 Å². The number of ether oxygens (including phenoxy) is 2. The lowest BCUT2D eigenvalue weighted by molar-refractivity contribution is -0.303. The summed E-state index contributed by atoms with van der Waals surface area (Å²) in [6.07, 6.45) is 20.3. The molecule has 0 bridgehead atoms. The third-order valence-corrected chi connectivity index (χ3v) is 11.3. The fourth-order valence-electron chi connectivity index (χ4n) is 7.51. The maximum atomic E-state index is 13.1. The predicted molar refractivity (Wildman–Crippen MR) is 219 cm³/mol. The van der Waals surface area contributed by atoms with Gasteiger partial charge in [0.15, 0.2) is 6.29 Å². The lowest BCUT2D eigenvalue weighted by atomic mass is 9.98. The molecule has 0 saturated carbocycles. The lowest BCUT2D eigenvalue weighted by Gasteiger charge is -2.40. The fraction of sp³-hybridized carbons (Fsp3) is 0.977. The molecule has 55 heavy (non-hydrogen) atoms. The van der Waals surface area contributed by atoms with E-state index < -0.39 is 74.2 Å². The number of nitrogens with one attached hydrogen (secondary N) is 1. The standard InChI is InChI=1S/C44H87NO10/c1-4-5-6-7-8-9-10-11-12-13-14-15-16-17-22-25-28-31-37(48)43(53)45-35(33-54-44-42(52)41(51)40(50)38(32-46)55-44)39(49)36(47)30-27-24-21-19-18-20-23-26-29-34(2)3/h34-42,44,46-52H,4-33H2,1-3H3,(H,45,53). The number of carbonyl (C=O) groups is 1. The molecule has 11 heteroatoms. The van der Waals surface area contributed by atoms with Gasteiger partial charge in [-0.05, 0) is 18.8 Å². The summed E-state index contributed by atoms with van der Waals surface area (Å²) in [5.41, 5.74) is 0. The first kappa shape index (κ1) is 52.1. The smallest absolute Gasteiger partial charge is 0.249 e. The Labute approximate surface area is 335 Å². The highest BCUT2D eigenvalue weighted by atomic mass is 16.7. The minimum Gasteiger partial charge on any atom is -0.394 e. The molecule has 1 saturated heterocycles. The molecule has 1 rings (SSSR count). The van der Waals surface area contributed by atoms with E-state index >= 15 is 0 Å². The van der Waals surface area contributed by atoms with Crippen LogP contribution >= 0.6 is 0 Å². The zero-order valence-corrected chi connectivity index (χ0v) is 35.3. The van der Waals surface area contributed by atoms with Gasteiger partial charge in [0, 0.05) is 0 Å². The van der Waals surface area contributed by atoms with E-state index in [0.29, 0.717) is 19.3 Å². The molecule has 8 N–H and O–H groups in total. The van der Waals surface area contributed by atoms with Gasteiger partial charge in [0.05, 0.1) is 25.4 Å². The molecule has 9 unspecified atom stereocenters. The number of carbonyl (C=O) groups excluding carboxylic acids is 1. The minimum atomic E-state index is -1.66. The Balaban J connectivity index is 2.44. The van der Waals surface area contributed by atoms with Crippen LogP contribution in [0.3, 0.4) is 0 Å². The average molecular weight is 790 g/mol. The van der Waals surface area contributed by atoms with Crippen LogP contribution in [0.2, 0.25) is 0 Å². The highest BCUT2D eigenvalue weighted by molar-refractivity contribution is 5.80. The number of aliphatic hydroxyl groups excluding tert-OH is 7. The van der Waals surface area contributed by atoms with Gasteiger partial charge in [-0.2, -0.15) is 0 Å². The van der Waals surface area contributed by atoms with E-state index in [9.17, 15) is 40.5 Å². The second kappa shape index (κ2) is 34.0. The van der Waals surface area contributed by atoms with Crippen LogP contribution in [-0.4, -0.2) is 110 Å². The molecule has 1 aliphatic rings. The molecular weight excluding hydrogens is 702 g/mol. The molecule has 0 aromatic carbocycles. The molecule has 9 atom stereocenters. The van der Waals surface area contributed by atoms with Crippen molar-refractivity contribution < 1.29 is 50.0 Å². The Morgan fingerprint density at radius 1 is 0.600 bits per heavy atom. The Hall–Kier alpha value is -0.890. The fourth-order valence-corrected chi connectivity index (χ4v) is 7.51. The second-order valence-electron chi connectivity index (χ2n) is 17.0. The van der Waals surface area contributed by atoms with Gasteiger partial charge in [-0.3, -0.25) is 4.79 Å². The van der Waals surface area contributed by atoms with Gasteiger partial charge in [-0.25, -0.2) is 0 Å². The van der Waals surface area contributed by atoms with Gasteiger partial charge in [0.2, 0.25) is 5.91 Å². The van der Waals surface area contributed by atoms with Crippen LogP contribution in [0, 0.1) is 5.92 Å². The first-order valence-corrected chi connectivity index (χ1v) is 22.8. The van der Waals surface area contributed by atoms with Crippen molar-refractivity contribution in [3.63, 3.8) is 0 Å². The van der Waals surface area contributed by atoms with Gasteiger partial charge < -0.3 is 50.5 Å². The zero-order valence-electron chi connectivity index (χ0n) is 35.3. The summed E-state index contributed by atoms with van der Waals surface area (Å²) in [6, 6.07) is -1.16. The van der Waals surface area contributed by atoms with Crippen LogP contribution in [0.25, 0.3) is 0 Å². The molecule has 1 amide bonds. The van der Waals surface area contributed by atoms with Crippen molar-refractivity contribution in [2.45, 2.75) is 256 Å². The summed E-state index contributed by atoms with van der Waals surface area (Å²) in [5.74, 6) is 0.0519. The van der Waals surface area contributed by atoms with Crippen molar-refractivity contribution in [3.8, 4) is 0 Å². The highest BCUT2D eigenvalue weighted by Gasteiger charge is 2.44. The largest absolute Gasteiger partial charge is 0.394 e. The van der Waals surface area contributed by atoms with Crippen molar-refractivity contribution >= 4 is 5.91 Å². The SMILES string of the molecule is CCCCCCCCCCCCCCCCCCCC(O)C(=O)NC(COC1OC(CO)C(O)C(O)C1O)C(O)C(O)CCCCCCCCCCC(C)C. The molecule has 1 fully saturated rings. The number of rotatable bonds is 37. The van der Waals surface area contributed by atoms with Crippen molar-refractivity contribution in [2.75, 3.05) is 13.2 Å². The van der Waals surface area contributed by atoms with Crippen molar-refractivity contribution in [1.82, 2.24) is 5.32 Å². The number of hydrogen-bond donors (Lipinski definition) is 8. The summed E-state index contributed by atoms with van der Waals surface area (Å²) in [5, 5.41) is 75.5. The normalized spacial score (nSPS) is 22.5. The Kier molecular flexibility index (Phi) is 32.2. The monoisotopic (exact) mass is 790 g/mol. The summed E-state index contributed by atoms with van der Waals surface area (Å²) in [7, 11) is 0. The third-order valence-electron chi connectivity index (χ3n) is 11.3. The van der Waals surface area contributed by atoms with Crippen LogP contribution in [0.15, 0.2) is 0 Å². The molecular formula is C44H87NO10. The summed E-state index contributed by atoms with van der Waals surface area (Å²) in [6.45, 7) is 5.71. The van der Waals surface area contributed by atoms with Crippen LogP contribution in [-0.2, 0) is 14.3 Å². The van der Waals surface area contributed by atoms with Crippen molar-refractivity contribution in [2.24, 2.45) is 5.92 Å². The first-order valence-electron chi connectivity index (χ1n) is 22.8. The third kappa shape index (κ3) is 25.3. The molecule has 0 spiro atoms. The molecule has 1 aliphatic heterocycles. The van der Waals surface area contributed by atoms with E-state index in [0.717, 1.165) is 44.4 Å². The van der Waals surface area contributed by atoms with E-state index in [1.807, 2.05) is 0 Å². The maximum absolute atomic E-state index is 13.1. The van der Waals surface area contributed by atoms with Gasteiger partial charge in [0.1, 0.15) is 36.6 Å². The van der Waals surface area contributed by atoms with E-state index in [2.05, 4.69) is 26.1 Å². The van der Waals surface area contributed by atoms with Crippen LogP contribution in [0.4, 0.5) is 0 Å². The van der Waals surface area contributed by atoms with Crippen LogP contribution in [0.5, 0.6) is 0 Å². The van der Waals surface area contributed by atoms with Gasteiger partial charge in [0.25, 0.3) is 0 Å². The summed E-state index contributed by atoms with van der Waals surface area (Å²) in [4.78, 5) is 13.1. The summed E-state index contributed by atoms with van der Waals surface area (Å²) >= 11 is 0. The van der Waals surface area contributed by atoms with Crippen LogP contribution < -0.4 is 5.32 Å². The van der Waals surface area contributed by atoms with Gasteiger partial charge in [-0.1, -0.05) is 188 Å². The Bertz CT molecular complexity index is 880. The number of aliphatic hydroxyl groups is 7. The van der Waals surface area contributed by atoms with E-state index in [1.54, 1.807) is 0 Å². The predicted octanol–water partition coefficient (Wildman–Crippen LogP) is 6.97. The molecule has 328 valence electrons.